The average molecular weight is 249 g/mol. The summed E-state index contributed by atoms with van der Waals surface area (Å²) in [6.45, 7) is 5.41. The minimum Gasteiger partial charge on any atom is -0.395 e. The van der Waals surface area contributed by atoms with Crippen LogP contribution >= 0.6 is 0 Å². The number of aliphatic hydroxyl groups is 2. The van der Waals surface area contributed by atoms with Crippen molar-refractivity contribution in [2.45, 2.75) is 0 Å². The van der Waals surface area contributed by atoms with Crippen molar-refractivity contribution in [1.82, 2.24) is 15.3 Å². The first kappa shape index (κ1) is 16.7. The van der Waals surface area contributed by atoms with Crippen LogP contribution in [0.5, 0.6) is 0 Å². The van der Waals surface area contributed by atoms with E-state index in [-0.39, 0.29) is 13.2 Å². The van der Waals surface area contributed by atoms with Crippen LogP contribution in [-0.4, -0.2) is 85.8 Å². The third-order valence-corrected chi connectivity index (χ3v) is 2.37. The monoisotopic (exact) mass is 249 g/mol. The summed E-state index contributed by atoms with van der Waals surface area (Å²) < 4.78 is 0. The van der Waals surface area contributed by atoms with Crippen LogP contribution in [0, 0.1) is 0 Å². The summed E-state index contributed by atoms with van der Waals surface area (Å²) in [7, 11) is 0. The van der Waals surface area contributed by atoms with Crippen molar-refractivity contribution in [3.05, 3.63) is 0 Å². The van der Waals surface area contributed by atoms with Crippen LogP contribution in [-0.2, 0) is 0 Å². The largest absolute Gasteiger partial charge is 0.395 e. The van der Waals surface area contributed by atoms with Gasteiger partial charge in [-0.3, -0.25) is 0 Å². The first-order valence-corrected chi connectivity index (χ1v) is 6.12. The Morgan fingerprint density at radius 1 is 0.765 bits per heavy atom. The molecule has 0 rings (SSSR count). The van der Waals surface area contributed by atoms with E-state index in [1.54, 1.807) is 0 Å². The summed E-state index contributed by atoms with van der Waals surface area (Å²) in [4.78, 5) is 0. The molecule has 0 amide bonds. The van der Waals surface area contributed by atoms with Gasteiger partial charge in [0.25, 0.3) is 0 Å². The Balaban J connectivity index is 4.04. The molecule has 7 N–H and O–H groups in total. The predicted octanol–water partition coefficient (Wildman–Crippen LogP) is -3.00. The maximum absolute atomic E-state index is 9.02. The summed E-state index contributed by atoms with van der Waals surface area (Å²) in [5, 5.41) is 25.2. The molecule has 0 bridgehead atoms. The molecule has 0 saturated carbocycles. The smallest absolute Gasteiger partial charge is 0.0572 e. The summed E-state index contributed by atoms with van der Waals surface area (Å²) in [5.41, 5.74) is 10.9. The number of hydrazine groups is 1. The Morgan fingerprint density at radius 2 is 1.35 bits per heavy atom. The summed E-state index contributed by atoms with van der Waals surface area (Å²) in [6.07, 6.45) is 0. The molecular weight excluding hydrogens is 222 g/mol. The van der Waals surface area contributed by atoms with Gasteiger partial charge in [-0.15, -0.1) is 0 Å². The van der Waals surface area contributed by atoms with Gasteiger partial charge in [0, 0.05) is 52.4 Å². The van der Waals surface area contributed by atoms with Crippen LogP contribution in [0.25, 0.3) is 0 Å². The minimum atomic E-state index is 0.0815. The van der Waals surface area contributed by atoms with Gasteiger partial charge < -0.3 is 27.0 Å². The maximum Gasteiger partial charge on any atom is 0.0572 e. The molecule has 0 fully saturated rings. The highest BCUT2D eigenvalue weighted by Crippen LogP contribution is 1.96. The Bertz CT molecular complexity index is 156. The SMILES string of the molecule is NCCNCCN(CCO)N(CCN)CCO. The highest BCUT2D eigenvalue weighted by atomic mass is 16.3. The van der Waals surface area contributed by atoms with Crippen molar-refractivity contribution in [2.75, 3.05) is 65.6 Å². The zero-order valence-corrected chi connectivity index (χ0v) is 10.5. The molecule has 104 valence electrons. The first-order chi connectivity index (χ1) is 8.29. The van der Waals surface area contributed by atoms with Gasteiger partial charge in [-0.25, -0.2) is 10.0 Å². The fourth-order valence-electron chi connectivity index (χ4n) is 1.60. The Labute approximate surface area is 103 Å². The second-order valence-corrected chi connectivity index (χ2v) is 3.68. The second kappa shape index (κ2) is 12.2. The van der Waals surface area contributed by atoms with Crippen LogP contribution in [0.15, 0.2) is 0 Å². The van der Waals surface area contributed by atoms with Crippen LogP contribution in [0.2, 0.25) is 0 Å². The summed E-state index contributed by atoms with van der Waals surface area (Å²) >= 11 is 0. The number of hydrogen-bond donors (Lipinski definition) is 5. The molecule has 0 saturated heterocycles. The molecule has 7 heteroatoms. The lowest BCUT2D eigenvalue weighted by molar-refractivity contribution is -0.0411. The topological polar surface area (TPSA) is 111 Å². The average Bonchev–Trinajstić information content (AvgIpc) is 2.33. The van der Waals surface area contributed by atoms with Crippen molar-refractivity contribution in [3.63, 3.8) is 0 Å². The van der Waals surface area contributed by atoms with Crippen LogP contribution < -0.4 is 16.8 Å². The van der Waals surface area contributed by atoms with E-state index in [1.165, 1.54) is 0 Å². The number of nitrogens with zero attached hydrogens (tertiary/aromatic N) is 2. The number of aliphatic hydroxyl groups excluding tert-OH is 2. The zero-order valence-electron chi connectivity index (χ0n) is 10.5. The van der Waals surface area contributed by atoms with Gasteiger partial charge in [0.05, 0.1) is 13.2 Å². The van der Waals surface area contributed by atoms with E-state index in [0.717, 1.165) is 19.6 Å². The molecule has 0 aromatic heterocycles. The van der Waals surface area contributed by atoms with Crippen molar-refractivity contribution >= 4 is 0 Å². The van der Waals surface area contributed by atoms with Crippen LogP contribution in [0.3, 0.4) is 0 Å². The van der Waals surface area contributed by atoms with E-state index in [9.17, 15) is 0 Å². The molecule has 7 nitrogen and oxygen atoms in total. The van der Waals surface area contributed by atoms with E-state index in [2.05, 4.69) is 5.32 Å². The maximum atomic E-state index is 9.02. The lowest BCUT2D eigenvalue weighted by Gasteiger charge is -2.34. The lowest BCUT2D eigenvalue weighted by atomic mass is 10.4. The molecular formula is C10H27N5O2. The van der Waals surface area contributed by atoms with E-state index in [0.29, 0.717) is 32.7 Å². The number of nitrogens with two attached hydrogens (primary N) is 2. The van der Waals surface area contributed by atoms with E-state index < -0.39 is 0 Å². The van der Waals surface area contributed by atoms with Gasteiger partial charge in [-0.1, -0.05) is 0 Å². The summed E-state index contributed by atoms with van der Waals surface area (Å²) in [5.74, 6) is 0. The predicted molar refractivity (Wildman–Crippen MR) is 68.3 cm³/mol. The van der Waals surface area contributed by atoms with Gasteiger partial charge in [0.2, 0.25) is 0 Å². The van der Waals surface area contributed by atoms with Crippen molar-refractivity contribution in [1.29, 1.82) is 0 Å². The van der Waals surface area contributed by atoms with Gasteiger partial charge in [-0.05, 0) is 0 Å². The fraction of sp³-hybridized carbons (Fsp3) is 1.00. The van der Waals surface area contributed by atoms with E-state index >= 15 is 0 Å². The number of nitrogens with one attached hydrogen (secondary N) is 1. The van der Waals surface area contributed by atoms with E-state index in [1.807, 2.05) is 10.0 Å². The molecule has 0 aliphatic carbocycles. The van der Waals surface area contributed by atoms with Gasteiger partial charge in [0.15, 0.2) is 0 Å². The minimum absolute atomic E-state index is 0.0815. The Morgan fingerprint density at radius 3 is 1.82 bits per heavy atom. The van der Waals surface area contributed by atoms with Crippen LogP contribution in [0.1, 0.15) is 0 Å². The standard InChI is InChI=1S/C10H27N5O2/c11-1-3-13-4-6-15(8-10-17)14(5-2-12)7-9-16/h13,16-17H,1-12H2. The van der Waals surface area contributed by atoms with Crippen LogP contribution in [0.4, 0.5) is 0 Å². The Hall–Kier alpha value is -0.280. The van der Waals surface area contributed by atoms with Crippen molar-refractivity contribution in [3.8, 4) is 0 Å². The molecule has 0 spiro atoms. The van der Waals surface area contributed by atoms with E-state index in [4.69, 9.17) is 21.7 Å². The molecule has 0 heterocycles. The molecule has 0 atom stereocenters. The normalized spacial score (nSPS) is 11.6. The number of rotatable bonds is 12. The van der Waals surface area contributed by atoms with Gasteiger partial charge >= 0.3 is 0 Å². The molecule has 0 aromatic carbocycles. The zero-order chi connectivity index (χ0) is 12.9. The molecule has 0 unspecified atom stereocenters. The molecule has 0 aliphatic rings. The molecule has 0 aliphatic heterocycles. The molecule has 0 aromatic rings. The number of hydrogen-bond acceptors (Lipinski definition) is 7. The third kappa shape index (κ3) is 8.44. The third-order valence-electron chi connectivity index (χ3n) is 2.37. The van der Waals surface area contributed by atoms with Crippen molar-refractivity contribution < 1.29 is 10.2 Å². The van der Waals surface area contributed by atoms with Crippen molar-refractivity contribution in [2.24, 2.45) is 11.5 Å². The first-order valence-electron chi connectivity index (χ1n) is 6.12. The van der Waals surface area contributed by atoms with Gasteiger partial charge in [-0.2, -0.15) is 0 Å². The molecule has 0 radical (unpaired) electrons. The summed E-state index contributed by atoms with van der Waals surface area (Å²) in [6, 6.07) is 0. The van der Waals surface area contributed by atoms with Gasteiger partial charge in [0.1, 0.15) is 0 Å². The lowest BCUT2D eigenvalue weighted by Crippen LogP contribution is -2.50. The molecule has 17 heavy (non-hydrogen) atoms. The fourth-order valence-corrected chi connectivity index (χ4v) is 1.60. The Kier molecular flexibility index (Phi) is 12.0. The highest BCUT2D eigenvalue weighted by Gasteiger charge is 2.13. The second-order valence-electron chi connectivity index (χ2n) is 3.68. The quantitative estimate of drug-likeness (QED) is 0.185. The highest BCUT2D eigenvalue weighted by molar-refractivity contribution is 4.61.